The number of amides is 1. The molecule has 1 unspecified atom stereocenters. The summed E-state index contributed by atoms with van der Waals surface area (Å²) in [6.07, 6.45) is 7.38. The normalized spacial score (nSPS) is 21.5. The van der Waals surface area contributed by atoms with Gasteiger partial charge in [0.1, 0.15) is 0 Å². The van der Waals surface area contributed by atoms with Crippen molar-refractivity contribution in [3.8, 4) is 0 Å². The first-order valence-corrected chi connectivity index (χ1v) is 8.40. The maximum atomic E-state index is 12.2. The Balaban J connectivity index is 1.44. The van der Waals surface area contributed by atoms with Gasteiger partial charge in [0.05, 0.1) is 5.52 Å². The van der Waals surface area contributed by atoms with Crippen LogP contribution in [0, 0.1) is 11.8 Å². The monoisotopic (exact) mass is 294 g/mol. The van der Waals surface area contributed by atoms with E-state index in [4.69, 9.17) is 0 Å². The predicted molar refractivity (Wildman–Crippen MR) is 87.5 cm³/mol. The van der Waals surface area contributed by atoms with E-state index in [1.165, 1.54) is 23.8 Å². The fraction of sp³-hybridized carbons (Fsp3) is 0.474. The van der Waals surface area contributed by atoms with Gasteiger partial charge in [-0.05, 0) is 55.2 Å². The summed E-state index contributed by atoms with van der Waals surface area (Å²) in [5, 5.41) is 1.26. The van der Waals surface area contributed by atoms with Crippen molar-refractivity contribution in [1.29, 1.82) is 0 Å². The maximum absolute atomic E-state index is 12.2. The number of pyridine rings is 1. The van der Waals surface area contributed by atoms with Crippen molar-refractivity contribution in [2.24, 2.45) is 11.8 Å². The van der Waals surface area contributed by atoms with Crippen molar-refractivity contribution in [3.63, 3.8) is 0 Å². The van der Waals surface area contributed by atoms with E-state index < -0.39 is 0 Å². The average Bonchev–Trinajstić information content (AvgIpc) is 3.23. The molecule has 22 heavy (non-hydrogen) atoms. The van der Waals surface area contributed by atoms with Gasteiger partial charge in [0.15, 0.2) is 0 Å². The number of carbonyl (C=O) groups excluding carboxylic acids is 1. The molecule has 3 nitrogen and oxygen atoms in total. The summed E-state index contributed by atoms with van der Waals surface area (Å²) in [5.74, 6) is 1.66. The zero-order chi connectivity index (χ0) is 14.9. The topological polar surface area (TPSA) is 33.2 Å². The van der Waals surface area contributed by atoms with Crippen LogP contribution in [0.4, 0.5) is 0 Å². The minimum atomic E-state index is 0.379. The molecule has 1 saturated carbocycles. The van der Waals surface area contributed by atoms with Gasteiger partial charge in [0.2, 0.25) is 5.91 Å². The molecule has 0 spiro atoms. The van der Waals surface area contributed by atoms with Gasteiger partial charge in [0, 0.05) is 31.1 Å². The van der Waals surface area contributed by atoms with Crippen molar-refractivity contribution in [2.45, 2.75) is 32.1 Å². The molecular weight excluding hydrogens is 272 g/mol. The second-order valence-corrected chi connectivity index (χ2v) is 6.83. The number of nitrogens with zero attached hydrogens (tertiary/aromatic N) is 2. The Morgan fingerprint density at radius 2 is 2.00 bits per heavy atom. The lowest BCUT2D eigenvalue weighted by Gasteiger charge is -2.17. The highest BCUT2D eigenvalue weighted by Gasteiger charge is 2.31. The van der Waals surface area contributed by atoms with E-state index in [1.54, 1.807) is 0 Å². The number of carbonyl (C=O) groups is 1. The Morgan fingerprint density at radius 3 is 2.86 bits per heavy atom. The van der Waals surface area contributed by atoms with Gasteiger partial charge < -0.3 is 4.90 Å². The fourth-order valence-electron chi connectivity index (χ4n) is 3.57. The molecule has 0 radical (unpaired) electrons. The standard InChI is InChI=1S/C19H22N2O/c22-19(12-14-5-6-14)21-10-8-15(13-21)11-16-7-9-20-18-4-2-1-3-17(16)18/h1-4,7,9,14-15H,5-6,8,10-13H2. The minimum absolute atomic E-state index is 0.379. The van der Waals surface area contributed by atoms with Crippen LogP contribution in [-0.4, -0.2) is 28.9 Å². The minimum Gasteiger partial charge on any atom is -0.342 e. The summed E-state index contributed by atoms with van der Waals surface area (Å²) in [5.41, 5.74) is 2.44. The highest BCUT2D eigenvalue weighted by Crippen LogP contribution is 2.34. The summed E-state index contributed by atoms with van der Waals surface area (Å²) in [4.78, 5) is 18.7. The van der Waals surface area contributed by atoms with Gasteiger partial charge in [-0.25, -0.2) is 0 Å². The van der Waals surface area contributed by atoms with E-state index in [0.29, 0.717) is 17.7 Å². The Bertz CT molecular complexity index is 687. The number of likely N-dealkylation sites (tertiary alicyclic amines) is 1. The molecule has 2 fully saturated rings. The first-order chi connectivity index (χ1) is 10.8. The second kappa shape index (κ2) is 5.71. The molecule has 114 valence electrons. The maximum Gasteiger partial charge on any atom is 0.222 e. The predicted octanol–water partition coefficient (Wildman–Crippen LogP) is 3.43. The largest absolute Gasteiger partial charge is 0.342 e. The average molecular weight is 294 g/mol. The molecule has 3 heteroatoms. The Hall–Kier alpha value is -1.90. The lowest BCUT2D eigenvalue weighted by Crippen LogP contribution is -2.29. The van der Waals surface area contributed by atoms with E-state index in [9.17, 15) is 4.79 Å². The van der Waals surface area contributed by atoms with Crippen LogP contribution in [-0.2, 0) is 11.2 Å². The van der Waals surface area contributed by atoms with Crippen molar-refractivity contribution in [2.75, 3.05) is 13.1 Å². The van der Waals surface area contributed by atoms with Crippen LogP contribution in [0.1, 0.15) is 31.2 Å². The molecule has 1 atom stereocenters. The third kappa shape index (κ3) is 2.85. The number of para-hydroxylation sites is 1. The molecule has 0 bridgehead atoms. The van der Waals surface area contributed by atoms with Crippen molar-refractivity contribution < 1.29 is 4.79 Å². The fourth-order valence-corrected chi connectivity index (χ4v) is 3.57. The van der Waals surface area contributed by atoms with Crippen LogP contribution in [0.2, 0.25) is 0 Å². The lowest BCUT2D eigenvalue weighted by atomic mass is 9.96. The van der Waals surface area contributed by atoms with Crippen LogP contribution < -0.4 is 0 Å². The molecule has 1 aromatic carbocycles. The number of rotatable bonds is 4. The SMILES string of the molecule is O=C(CC1CC1)N1CCC(Cc2ccnc3ccccc23)C1. The molecule has 1 aromatic heterocycles. The van der Waals surface area contributed by atoms with Gasteiger partial charge in [-0.15, -0.1) is 0 Å². The second-order valence-electron chi connectivity index (χ2n) is 6.83. The molecule has 2 aliphatic rings. The van der Waals surface area contributed by atoms with Crippen molar-refractivity contribution in [3.05, 3.63) is 42.1 Å². The molecule has 1 aliphatic carbocycles. The van der Waals surface area contributed by atoms with Gasteiger partial charge in [0.25, 0.3) is 0 Å². The Kier molecular flexibility index (Phi) is 3.57. The van der Waals surface area contributed by atoms with E-state index in [2.05, 4.69) is 34.1 Å². The Morgan fingerprint density at radius 1 is 1.14 bits per heavy atom. The number of benzene rings is 1. The molecular formula is C19H22N2O. The van der Waals surface area contributed by atoms with Crippen LogP contribution in [0.3, 0.4) is 0 Å². The van der Waals surface area contributed by atoms with Gasteiger partial charge in [-0.2, -0.15) is 0 Å². The Labute approximate surface area is 131 Å². The third-order valence-corrected chi connectivity index (χ3v) is 5.05. The molecule has 1 aliphatic heterocycles. The molecule has 4 rings (SSSR count). The summed E-state index contributed by atoms with van der Waals surface area (Å²) in [6, 6.07) is 10.5. The van der Waals surface area contributed by atoms with Crippen LogP contribution >= 0.6 is 0 Å². The quantitative estimate of drug-likeness (QED) is 0.865. The molecule has 1 saturated heterocycles. The van der Waals surface area contributed by atoms with Gasteiger partial charge in [-0.3, -0.25) is 9.78 Å². The van der Waals surface area contributed by atoms with Gasteiger partial charge >= 0.3 is 0 Å². The lowest BCUT2D eigenvalue weighted by molar-refractivity contribution is -0.130. The molecule has 2 aromatic rings. The summed E-state index contributed by atoms with van der Waals surface area (Å²) in [7, 11) is 0. The number of hydrogen-bond donors (Lipinski definition) is 0. The van der Waals surface area contributed by atoms with Gasteiger partial charge in [-0.1, -0.05) is 18.2 Å². The summed E-state index contributed by atoms with van der Waals surface area (Å²) in [6.45, 7) is 1.88. The third-order valence-electron chi connectivity index (χ3n) is 5.05. The molecule has 0 N–H and O–H groups in total. The zero-order valence-electron chi connectivity index (χ0n) is 12.9. The van der Waals surface area contributed by atoms with Crippen LogP contribution in [0.25, 0.3) is 10.9 Å². The van der Waals surface area contributed by atoms with E-state index in [1.807, 2.05) is 12.3 Å². The molecule has 2 heterocycles. The molecule has 1 amide bonds. The van der Waals surface area contributed by atoms with Crippen LogP contribution in [0.5, 0.6) is 0 Å². The van der Waals surface area contributed by atoms with E-state index >= 15 is 0 Å². The zero-order valence-corrected chi connectivity index (χ0v) is 12.9. The van der Waals surface area contributed by atoms with Crippen molar-refractivity contribution >= 4 is 16.8 Å². The van der Waals surface area contributed by atoms with E-state index in [-0.39, 0.29) is 0 Å². The van der Waals surface area contributed by atoms with Crippen LogP contribution in [0.15, 0.2) is 36.5 Å². The highest BCUT2D eigenvalue weighted by atomic mass is 16.2. The van der Waals surface area contributed by atoms with Crippen molar-refractivity contribution in [1.82, 2.24) is 9.88 Å². The summed E-state index contributed by atoms with van der Waals surface area (Å²) >= 11 is 0. The highest BCUT2D eigenvalue weighted by molar-refractivity contribution is 5.82. The van der Waals surface area contributed by atoms with E-state index in [0.717, 1.165) is 37.9 Å². The number of hydrogen-bond acceptors (Lipinski definition) is 2. The smallest absolute Gasteiger partial charge is 0.222 e. The first kappa shape index (κ1) is 13.7. The summed E-state index contributed by atoms with van der Waals surface area (Å²) < 4.78 is 0. The number of aromatic nitrogens is 1. The first-order valence-electron chi connectivity index (χ1n) is 8.40. The number of fused-ring (bicyclic) bond motifs is 1.